The molecule has 0 spiro atoms. The van der Waals surface area contributed by atoms with Crippen molar-refractivity contribution >= 4 is 37.7 Å². The Morgan fingerprint density at radius 2 is 1.71 bits per heavy atom. The van der Waals surface area contributed by atoms with Gasteiger partial charge in [-0.2, -0.15) is 0 Å². The summed E-state index contributed by atoms with van der Waals surface area (Å²) in [6, 6.07) is 10.8. The third-order valence-electron chi connectivity index (χ3n) is 2.13. The van der Waals surface area contributed by atoms with Gasteiger partial charge in [0.2, 0.25) is 0 Å². The second-order valence-electron chi connectivity index (χ2n) is 2.98. The fourth-order valence-electron chi connectivity index (χ4n) is 1.48. The van der Waals surface area contributed by atoms with Crippen LogP contribution in [0.15, 0.2) is 36.4 Å². The molecule has 2 aromatic carbocycles. The molecule has 0 aliphatic rings. The van der Waals surface area contributed by atoms with Gasteiger partial charge in [0.05, 0.1) is 0 Å². The Bertz CT molecular complexity index is 510. The SMILES string of the molecule is O=[N+]([O-])c1cccc2c([AsH2])cccc12. The average Bonchev–Trinajstić information content (AvgIpc) is 2.17. The number of hydrogen-bond donors (Lipinski definition) is 0. The molecule has 0 aliphatic carbocycles. The van der Waals surface area contributed by atoms with Crippen molar-refractivity contribution in [1.82, 2.24) is 0 Å². The third-order valence-corrected chi connectivity index (χ3v) is 3.19. The number of nitro groups is 1. The van der Waals surface area contributed by atoms with E-state index in [0.29, 0.717) is 0 Å². The predicted molar refractivity (Wildman–Crippen MR) is 58.8 cm³/mol. The summed E-state index contributed by atoms with van der Waals surface area (Å²) in [5.74, 6) is 0. The molecule has 1 atom stereocenters. The van der Waals surface area contributed by atoms with E-state index in [1.807, 2.05) is 18.2 Å². The van der Waals surface area contributed by atoms with Gasteiger partial charge in [0.1, 0.15) is 0 Å². The number of benzene rings is 2. The van der Waals surface area contributed by atoms with Crippen molar-refractivity contribution in [3.63, 3.8) is 0 Å². The number of non-ortho nitro benzene ring substituents is 1. The van der Waals surface area contributed by atoms with Crippen LogP contribution in [0.1, 0.15) is 0 Å². The van der Waals surface area contributed by atoms with Gasteiger partial charge in [-0.15, -0.1) is 0 Å². The van der Waals surface area contributed by atoms with Crippen LogP contribution in [0, 0.1) is 10.1 Å². The standard InChI is InChI=1S/C10H8AsNO2/c11-9-5-1-4-8-7(9)3-2-6-10(8)12(13)14/h1-6H,11H2. The van der Waals surface area contributed by atoms with Crippen LogP contribution in [-0.4, -0.2) is 21.8 Å². The van der Waals surface area contributed by atoms with E-state index in [1.54, 1.807) is 12.1 Å². The summed E-state index contributed by atoms with van der Waals surface area (Å²) in [6.45, 7) is 0. The molecule has 0 bridgehead atoms. The normalized spacial score (nSPS) is 10.4. The summed E-state index contributed by atoms with van der Waals surface area (Å²) in [5.41, 5.74) is 0.182. The van der Waals surface area contributed by atoms with Crippen LogP contribution < -0.4 is 4.35 Å². The van der Waals surface area contributed by atoms with Gasteiger partial charge in [0.15, 0.2) is 0 Å². The van der Waals surface area contributed by atoms with Crippen LogP contribution in [0.3, 0.4) is 0 Å². The summed E-state index contributed by atoms with van der Waals surface area (Å²) < 4.78 is 1.12. The molecule has 0 aromatic heterocycles. The monoisotopic (exact) mass is 249 g/mol. The minimum atomic E-state index is -0.339. The van der Waals surface area contributed by atoms with E-state index in [2.05, 4.69) is 0 Å². The molecule has 4 heteroatoms. The molecule has 0 fully saturated rings. The fraction of sp³-hybridized carbons (Fsp3) is 0. The molecule has 0 heterocycles. The van der Waals surface area contributed by atoms with E-state index in [0.717, 1.165) is 15.1 Å². The molecule has 2 aromatic rings. The zero-order chi connectivity index (χ0) is 10.1. The van der Waals surface area contributed by atoms with Gasteiger partial charge in [-0.3, -0.25) is 0 Å². The quantitative estimate of drug-likeness (QED) is 0.430. The first kappa shape index (κ1) is 9.22. The summed E-state index contributed by atoms with van der Waals surface area (Å²) in [5, 5.41) is 12.4. The van der Waals surface area contributed by atoms with Gasteiger partial charge in [-0.05, 0) is 0 Å². The van der Waals surface area contributed by atoms with Crippen molar-refractivity contribution in [1.29, 1.82) is 0 Å². The molecule has 0 radical (unpaired) electrons. The van der Waals surface area contributed by atoms with Gasteiger partial charge < -0.3 is 0 Å². The number of hydrogen-bond acceptors (Lipinski definition) is 2. The van der Waals surface area contributed by atoms with Gasteiger partial charge in [0.25, 0.3) is 0 Å². The Hall–Kier alpha value is -1.34. The van der Waals surface area contributed by atoms with Crippen LogP contribution in [-0.2, 0) is 0 Å². The molecule has 2 rings (SSSR count). The first-order valence-electron chi connectivity index (χ1n) is 4.12. The summed E-state index contributed by atoms with van der Waals surface area (Å²) >= 11 is 1.48. The molecular formula is C10H8AsNO2. The number of nitro benzene ring substituents is 1. The van der Waals surface area contributed by atoms with E-state index < -0.39 is 0 Å². The Morgan fingerprint density at radius 1 is 1.07 bits per heavy atom. The second-order valence-corrected chi connectivity index (χ2v) is 4.28. The Morgan fingerprint density at radius 3 is 2.43 bits per heavy atom. The summed E-state index contributed by atoms with van der Waals surface area (Å²) in [6.07, 6.45) is 0. The summed E-state index contributed by atoms with van der Waals surface area (Å²) in [4.78, 5) is 10.4. The third kappa shape index (κ3) is 1.40. The predicted octanol–water partition coefficient (Wildman–Crippen LogP) is 1.01. The molecule has 0 aliphatic heterocycles. The molecule has 1 unspecified atom stereocenters. The van der Waals surface area contributed by atoms with Crippen molar-refractivity contribution in [2.45, 2.75) is 0 Å². The zero-order valence-electron chi connectivity index (χ0n) is 7.31. The van der Waals surface area contributed by atoms with E-state index in [4.69, 9.17) is 0 Å². The first-order valence-corrected chi connectivity index (χ1v) is 5.33. The van der Waals surface area contributed by atoms with Gasteiger partial charge in [-0.25, -0.2) is 0 Å². The van der Waals surface area contributed by atoms with E-state index >= 15 is 0 Å². The van der Waals surface area contributed by atoms with E-state index in [1.165, 1.54) is 22.9 Å². The molecule has 0 saturated heterocycles. The molecule has 3 nitrogen and oxygen atoms in total. The van der Waals surface area contributed by atoms with Crippen molar-refractivity contribution < 1.29 is 4.92 Å². The molecule has 0 N–H and O–H groups in total. The molecule has 14 heavy (non-hydrogen) atoms. The Labute approximate surface area is 89.4 Å². The van der Waals surface area contributed by atoms with Gasteiger partial charge >= 0.3 is 89.1 Å². The first-order chi connectivity index (χ1) is 6.70. The second kappa shape index (κ2) is 3.43. The molecule has 70 valence electrons. The number of rotatable bonds is 1. The van der Waals surface area contributed by atoms with Crippen LogP contribution in [0.2, 0.25) is 0 Å². The maximum atomic E-state index is 10.7. The van der Waals surface area contributed by atoms with Crippen LogP contribution in [0.5, 0.6) is 0 Å². The van der Waals surface area contributed by atoms with Crippen molar-refractivity contribution in [3.05, 3.63) is 46.5 Å². The van der Waals surface area contributed by atoms with Crippen molar-refractivity contribution in [2.75, 3.05) is 0 Å². The van der Waals surface area contributed by atoms with Gasteiger partial charge in [0, 0.05) is 0 Å². The van der Waals surface area contributed by atoms with Crippen LogP contribution >= 0.6 is 0 Å². The van der Waals surface area contributed by atoms with E-state index in [9.17, 15) is 10.1 Å². The minimum absolute atomic E-state index is 0.182. The molecular weight excluding hydrogens is 241 g/mol. The Balaban J connectivity index is 2.88. The summed E-state index contributed by atoms with van der Waals surface area (Å²) in [7, 11) is 0. The molecule has 0 saturated carbocycles. The van der Waals surface area contributed by atoms with Crippen LogP contribution in [0.4, 0.5) is 5.69 Å². The Kier molecular flexibility index (Phi) is 2.26. The van der Waals surface area contributed by atoms with Crippen molar-refractivity contribution in [2.24, 2.45) is 0 Å². The van der Waals surface area contributed by atoms with Crippen LogP contribution in [0.25, 0.3) is 10.8 Å². The van der Waals surface area contributed by atoms with Gasteiger partial charge in [-0.1, -0.05) is 0 Å². The van der Waals surface area contributed by atoms with Crippen molar-refractivity contribution in [3.8, 4) is 0 Å². The number of nitrogens with zero attached hydrogens (tertiary/aromatic N) is 1. The number of fused-ring (bicyclic) bond motifs is 1. The molecule has 0 amide bonds. The zero-order valence-corrected chi connectivity index (χ0v) is 9.73. The maximum absolute atomic E-state index is 10.7. The fourth-order valence-corrected chi connectivity index (χ4v) is 2.24. The topological polar surface area (TPSA) is 43.1 Å². The van der Waals surface area contributed by atoms with E-state index in [-0.39, 0.29) is 10.6 Å². The average molecular weight is 249 g/mol.